The Labute approximate surface area is 113 Å². The van der Waals surface area contributed by atoms with Crippen LogP contribution in [-0.2, 0) is 4.74 Å². The van der Waals surface area contributed by atoms with Gasteiger partial charge in [0.1, 0.15) is 6.33 Å². The van der Waals surface area contributed by atoms with E-state index in [1.54, 1.807) is 7.11 Å². The molecule has 1 aliphatic rings. The van der Waals surface area contributed by atoms with Crippen LogP contribution in [0.4, 0.5) is 11.6 Å². The van der Waals surface area contributed by atoms with Crippen molar-refractivity contribution < 1.29 is 9.47 Å². The largest absolute Gasteiger partial charge is 0.490 e. The van der Waals surface area contributed by atoms with E-state index in [2.05, 4.69) is 27.5 Å². The molecule has 0 amide bonds. The topological polar surface area (TPSA) is 68.3 Å². The van der Waals surface area contributed by atoms with Gasteiger partial charge in [0, 0.05) is 26.1 Å². The number of hydrogen-bond acceptors (Lipinski definition) is 6. The zero-order valence-corrected chi connectivity index (χ0v) is 11.8. The smallest absolute Gasteiger partial charge is 0.204 e. The molecule has 2 rings (SSSR count). The maximum Gasteiger partial charge on any atom is 0.204 e. The minimum absolute atomic E-state index is 0.351. The van der Waals surface area contributed by atoms with Crippen molar-refractivity contribution in [3.05, 3.63) is 6.33 Å². The van der Waals surface area contributed by atoms with Gasteiger partial charge in [-0.3, -0.25) is 0 Å². The van der Waals surface area contributed by atoms with Gasteiger partial charge in [-0.25, -0.2) is 9.97 Å². The average Bonchev–Trinajstić information content (AvgIpc) is 2.91. The molecule has 106 valence electrons. The minimum Gasteiger partial charge on any atom is -0.490 e. The quantitative estimate of drug-likeness (QED) is 0.817. The molecule has 1 saturated heterocycles. The number of rotatable bonds is 6. The Morgan fingerprint density at radius 3 is 2.89 bits per heavy atom. The molecule has 0 saturated carbocycles. The normalized spacial score (nSPS) is 22.3. The number of anilines is 2. The molecule has 6 heteroatoms. The SMILES string of the molecule is CCC1OCCC1CNc1ncnc(NC)c1OC. The molecule has 1 fully saturated rings. The van der Waals surface area contributed by atoms with Gasteiger partial charge in [-0.05, 0) is 12.8 Å². The van der Waals surface area contributed by atoms with Gasteiger partial charge in [0.15, 0.2) is 11.6 Å². The maximum atomic E-state index is 5.69. The van der Waals surface area contributed by atoms with E-state index >= 15 is 0 Å². The lowest BCUT2D eigenvalue weighted by molar-refractivity contribution is 0.0900. The van der Waals surface area contributed by atoms with Gasteiger partial charge in [0.05, 0.1) is 13.2 Å². The lowest BCUT2D eigenvalue weighted by Gasteiger charge is -2.19. The van der Waals surface area contributed by atoms with Crippen LogP contribution in [0.1, 0.15) is 19.8 Å². The lowest BCUT2D eigenvalue weighted by Crippen LogP contribution is -2.23. The van der Waals surface area contributed by atoms with Crippen LogP contribution in [0.25, 0.3) is 0 Å². The summed E-state index contributed by atoms with van der Waals surface area (Å²) in [5.74, 6) is 2.60. The second-order valence-corrected chi connectivity index (χ2v) is 4.60. The number of nitrogens with one attached hydrogen (secondary N) is 2. The Bertz CT molecular complexity index is 414. The Hall–Kier alpha value is -1.56. The first-order valence-corrected chi connectivity index (χ1v) is 6.72. The van der Waals surface area contributed by atoms with E-state index < -0.39 is 0 Å². The second kappa shape index (κ2) is 6.56. The molecular weight excluding hydrogens is 244 g/mol. The molecule has 1 aliphatic heterocycles. The van der Waals surface area contributed by atoms with Crippen molar-refractivity contribution in [1.82, 2.24) is 9.97 Å². The van der Waals surface area contributed by atoms with Crippen LogP contribution in [0.5, 0.6) is 5.75 Å². The molecule has 1 aromatic rings. The van der Waals surface area contributed by atoms with Crippen LogP contribution in [0.15, 0.2) is 6.33 Å². The summed E-state index contributed by atoms with van der Waals surface area (Å²) in [7, 11) is 3.44. The Morgan fingerprint density at radius 2 is 2.21 bits per heavy atom. The molecule has 2 atom stereocenters. The highest BCUT2D eigenvalue weighted by molar-refractivity contribution is 5.63. The fourth-order valence-electron chi connectivity index (χ4n) is 2.48. The molecule has 19 heavy (non-hydrogen) atoms. The number of methoxy groups -OCH3 is 1. The van der Waals surface area contributed by atoms with Crippen LogP contribution in [-0.4, -0.2) is 43.4 Å². The molecule has 0 bridgehead atoms. The van der Waals surface area contributed by atoms with Gasteiger partial charge >= 0.3 is 0 Å². The van der Waals surface area contributed by atoms with E-state index in [1.165, 1.54) is 6.33 Å². The summed E-state index contributed by atoms with van der Waals surface area (Å²) in [6.07, 6.45) is 4.02. The summed E-state index contributed by atoms with van der Waals surface area (Å²) < 4.78 is 11.0. The first kappa shape index (κ1) is 13.9. The van der Waals surface area contributed by atoms with Gasteiger partial charge in [0.2, 0.25) is 5.75 Å². The predicted molar refractivity (Wildman–Crippen MR) is 74.8 cm³/mol. The Kier molecular flexibility index (Phi) is 4.79. The fraction of sp³-hybridized carbons (Fsp3) is 0.692. The maximum absolute atomic E-state index is 5.69. The van der Waals surface area contributed by atoms with E-state index in [0.29, 0.717) is 23.6 Å². The third-order valence-corrected chi connectivity index (χ3v) is 3.53. The van der Waals surface area contributed by atoms with Crippen LogP contribution in [0.3, 0.4) is 0 Å². The molecule has 2 unspecified atom stereocenters. The van der Waals surface area contributed by atoms with Crippen molar-refractivity contribution in [2.45, 2.75) is 25.9 Å². The van der Waals surface area contributed by atoms with E-state index in [4.69, 9.17) is 9.47 Å². The highest BCUT2D eigenvalue weighted by Gasteiger charge is 2.26. The Morgan fingerprint density at radius 1 is 1.42 bits per heavy atom. The van der Waals surface area contributed by atoms with Gasteiger partial charge in [-0.2, -0.15) is 0 Å². The van der Waals surface area contributed by atoms with Crippen LogP contribution in [0.2, 0.25) is 0 Å². The van der Waals surface area contributed by atoms with Crippen molar-refractivity contribution in [1.29, 1.82) is 0 Å². The molecule has 6 nitrogen and oxygen atoms in total. The molecule has 0 aromatic carbocycles. The number of aromatic nitrogens is 2. The van der Waals surface area contributed by atoms with Crippen LogP contribution < -0.4 is 15.4 Å². The van der Waals surface area contributed by atoms with E-state index in [-0.39, 0.29) is 0 Å². The summed E-state index contributed by atoms with van der Waals surface area (Å²) in [6, 6.07) is 0. The van der Waals surface area contributed by atoms with Crippen molar-refractivity contribution in [2.24, 2.45) is 5.92 Å². The highest BCUT2D eigenvalue weighted by Crippen LogP contribution is 2.30. The van der Waals surface area contributed by atoms with Crippen molar-refractivity contribution >= 4 is 11.6 Å². The van der Waals surface area contributed by atoms with Crippen molar-refractivity contribution in [2.75, 3.05) is 37.9 Å². The molecule has 2 heterocycles. The third-order valence-electron chi connectivity index (χ3n) is 3.53. The first-order chi connectivity index (χ1) is 9.30. The molecule has 0 spiro atoms. The van der Waals surface area contributed by atoms with Gasteiger partial charge in [0.25, 0.3) is 0 Å². The van der Waals surface area contributed by atoms with Crippen LogP contribution >= 0.6 is 0 Å². The van der Waals surface area contributed by atoms with Gasteiger partial charge in [-0.15, -0.1) is 0 Å². The first-order valence-electron chi connectivity index (χ1n) is 6.72. The van der Waals surface area contributed by atoms with E-state index in [1.807, 2.05) is 7.05 Å². The summed E-state index contributed by atoms with van der Waals surface area (Å²) >= 11 is 0. The summed E-state index contributed by atoms with van der Waals surface area (Å²) in [4.78, 5) is 8.37. The van der Waals surface area contributed by atoms with E-state index in [9.17, 15) is 0 Å². The summed E-state index contributed by atoms with van der Waals surface area (Å²) in [5.41, 5.74) is 0. The molecule has 1 aromatic heterocycles. The predicted octanol–water partition coefficient (Wildman–Crippen LogP) is 1.75. The van der Waals surface area contributed by atoms with Crippen LogP contribution in [0, 0.1) is 5.92 Å². The number of hydrogen-bond donors (Lipinski definition) is 2. The average molecular weight is 266 g/mol. The lowest BCUT2D eigenvalue weighted by atomic mass is 10.00. The molecular formula is C13H22N4O2. The summed E-state index contributed by atoms with van der Waals surface area (Å²) in [5, 5.41) is 6.34. The summed E-state index contributed by atoms with van der Waals surface area (Å²) in [6.45, 7) is 3.86. The minimum atomic E-state index is 0.351. The zero-order chi connectivity index (χ0) is 13.7. The van der Waals surface area contributed by atoms with Gasteiger partial charge in [-0.1, -0.05) is 6.92 Å². The number of ether oxygens (including phenoxy) is 2. The fourth-order valence-corrected chi connectivity index (χ4v) is 2.48. The monoisotopic (exact) mass is 266 g/mol. The standard InChI is InChI=1S/C13H22N4O2/c1-4-10-9(5-6-19-10)7-15-13-11(18-3)12(14-2)16-8-17-13/h8-10H,4-7H2,1-3H3,(H2,14,15,16,17). The molecule has 2 N–H and O–H groups in total. The molecule has 0 radical (unpaired) electrons. The zero-order valence-electron chi connectivity index (χ0n) is 11.8. The van der Waals surface area contributed by atoms with E-state index in [0.717, 1.165) is 31.8 Å². The Balaban J connectivity index is 2.03. The van der Waals surface area contributed by atoms with Gasteiger partial charge < -0.3 is 20.1 Å². The third kappa shape index (κ3) is 3.07. The molecule has 0 aliphatic carbocycles. The van der Waals surface area contributed by atoms with Crippen molar-refractivity contribution in [3.63, 3.8) is 0 Å². The highest BCUT2D eigenvalue weighted by atomic mass is 16.5. The number of nitrogens with zero attached hydrogens (tertiary/aromatic N) is 2. The second-order valence-electron chi connectivity index (χ2n) is 4.60. The van der Waals surface area contributed by atoms with Crippen molar-refractivity contribution in [3.8, 4) is 5.75 Å².